The van der Waals surface area contributed by atoms with E-state index in [0.29, 0.717) is 6.42 Å². The Labute approximate surface area is 117 Å². The van der Waals surface area contributed by atoms with Crippen LogP contribution in [0.5, 0.6) is 0 Å². The fourth-order valence-corrected chi connectivity index (χ4v) is 1.96. The topological polar surface area (TPSA) is 66.8 Å². The quantitative estimate of drug-likeness (QED) is 0.449. The molecule has 0 heterocycles. The summed E-state index contributed by atoms with van der Waals surface area (Å²) in [6.45, 7) is 1.87. The minimum absolute atomic E-state index is 0.260. The highest BCUT2D eigenvalue weighted by Crippen LogP contribution is 2.09. The van der Waals surface area contributed by atoms with Gasteiger partial charge in [0.1, 0.15) is 0 Å². The zero-order chi connectivity index (χ0) is 14.2. The van der Waals surface area contributed by atoms with E-state index in [4.69, 9.17) is 14.9 Å². The third-order valence-electron chi connectivity index (χ3n) is 3.13. The summed E-state index contributed by atoms with van der Waals surface area (Å²) < 4.78 is 5.45. The van der Waals surface area contributed by atoms with Crippen molar-refractivity contribution >= 4 is 5.97 Å². The molecule has 0 aliphatic rings. The molecule has 0 saturated heterocycles. The average Bonchev–Trinajstić information content (AvgIpc) is 2.39. The number of ether oxygens (including phenoxy) is 1. The van der Waals surface area contributed by atoms with Gasteiger partial charge < -0.3 is 14.9 Å². The molecule has 4 nitrogen and oxygen atoms in total. The fraction of sp³-hybridized carbons (Fsp3) is 0.933. The maximum Gasteiger partial charge on any atom is 0.303 e. The number of aliphatic hydroxyl groups is 1. The minimum Gasteiger partial charge on any atom is -0.481 e. The lowest BCUT2D eigenvalue weighted by Gasteiger charge is -2.04. The van der Waals surface area contributed by atoms with Crippen molar-refractivity contribution < 1.29 is 19.7 Å². The molecule has 0 amide bonds. The number of aliphatic hydroxyl groups excluding tert-OH is 1. The summed E-state index contributed by atoms with van der Waals surface area (Å²) >= 11 is 0. The largest absolute Gasteiger partial charge is 0.481 e. The number of hydrogen-bond acceptors (Lipinski definition) is 3. The Morgan fingerprint density at radius 2 is 1.21 bits per heavy atom. The third-order valence-corrected chi connectivity index (χ3v) is 3.13. The Bertz CT molecular complexity index is 195. The van der Waals surface area contributed by atoms with Gasteiger partial charge in [0.15, 0.2) is 0 Å². The van der Waals surface area contributed by atoms with Gasteiger partial charge in [-0.25, -0.2) is 0 Å². The van der Waals surface area contributed by atoms with Gasteiger partial charge in [0.25, 0.3) is 0 Å². The lowest BCUT2D eigenvalue weighted by atomic mass is 10.1. The van der Waals surface area contributed by atoms with E-state index in [1.165, 1.54) is 25.7 Å². The van der Waals surface area contributed by atoms with Crippen molar-refractivity contribution in [3.8, 4) is 0 Å². The van der Waals surface area contributed by atoms with Gasteiger partial charge in [-0.3, -0.25) is 4.79 Å². The monoisotopic (exact) mass is 274 g/mol. The Morgan fingerprint density at radius 1 is 0.737 bits per heavy atom. The number of aliphatic carboxylic acids is 1. The van der Waals surface area contributed by atoms with E-state index in [2.05, 4.69) is 0 Å². The van der Waals surface area contributed by atoms with Crippen molar-refractivity contribution in [2.24, 2.45) is 0 Å². The molecule has 114 valence electrons. The first-order chi connectivity index (χ1) is 9.27. The molecule has 0 aliphatic heterocycles. The molecule has 4 heteroatoms. The molecule has 0 aromatic carbocycles. The second-order valence-electron chi connectivity index (χ2n) is 5.02. The number of carboxylic acids is 1. The zero-order valence-corrected chi connectivity index (χ0v) is 12.1. The van der Waals surface area contributed by atoms with Crippen molar-refractivity contribution in [1.82, 2.24) is 0 Å². The van der Waals surface area contributed by atoms with E-state index in [0.717, 1.165) is 51.7 Å². The van der Waals surface area contributed by atoms with Crippen LogP contribution in [0, 0.1) is 0 Å². The van der Waals surface area contributed by atoms with Crippen LogP contribution in [0.3, 0.4) is 0 Å². The Hall–Kier alpha value is -0.610. The molecule has 0 atom stereocenters. The maximum absolute atomic E-state index is 10.3. The van der Waals surface area contributed by atoms with Crippen molar-refractivity contribution in [2.75, 3.05) is 19.8 Å². The average molecular weight is 274 g/mol. The van der Waals surface area contributed by atoms with Crippen LogP contribution in [0.4, 0.5) is 0 Å². The fourth-order valence-electron chi connectivity index (χ4n) is 1.96. The molecule has 19 heavy (non-hydrogen) atoms. The summed E-state index contributed by atoms with van der Waals surface area (Å²) in [6.07, 6.45) is 11.2. The lowest BCUT2D eigenvalue weighted by Crippen LogP contribution is -1.98. The van der Waals surface area contributed by atoms with E-state index < -0.39 is 5.97 Å². The number of hydrogen-bond donors (Lipinski definition) is 2. The van der Waals surface area contributed by atoms with E-state index in [9.17, 15) is 4.79 Å². The molecule has 0 spiro atoms. The van der Waals surface area contributed by atoms with Crippen LogP contribution in [0.15, 0.2) is 0 Å². The normalized spacial score (nSPS) is 10.8. The third kappa shape index (κ3) is 17.4. The minimum atomic E-state index is -0.681. The Kier molecular flexibility index (Phi) is 15.0. The number of rotatable bonds is 15. The summed E-state index contributed by atoms with van der Waals surface area (Å²) in [5.74, 6) is -0.681. The number of carbonyl (C=O) groups is 1. The van der Waals surface area contributed by atoms with Crippen LogP contribution in [0.25, 0.3) is 0 Å². The second kappa shape index (κ2) is 15.4. The molecule has 0 aromatic heterocycles. The van der Waals surface area contributed by atoms with E-state index >= 15 is 0 Å². The molecule has 0 fully saturated rings. The van der Waals surface area contributed by atoms with Gasteiger partial charge in [-0.15, -0.1) is 0 Å². The maximum atomic E-state index is 10.3. The number of carboxylic acid groups (broad SMARTS) is 1. The summed E-state index contributed by atoms with van der Waals surface area (Å²) in [4.78, 5) is 10.3. The molecule has 0 saturated carbocycles. The van der Waals surface area contributed by atoms with Crippen LogP contribution in [0.2, 0.25) is 0 Å². The number of unbranched alkanes of at least 4 members (excludes halogenated alkanes) is 8. The highest BCUT2D eigenvalue weighted by Gasteiger charge is 1.96. The summed E-state index contributed by atoms with van der Waals surface area (Å²) in [5, 5.41) is 17.1. The molecular formula is C15H30O4. The van der Waals surface area contributed by atoms with Crippen LogP contribution in [-0.2, 0) is 9.53 Å². The first-order valence-corrected chi connectivity index (χ1v) is 7.67. The van der Waals surface area contributed by atoms with Gasteiger partial charge in [0, 0.05) is 26.2 Å². The van der Waals surface area contributed by atoms with Crippen LogP contribution < -0.4 is 0 Å². The van der Waals surface area contributed by atoms with Crippen molar-refractivity contribution in [1.29, 1.82) is 0 Å². The van der Waals surface area contributed by atoms with E-state index in [1.807, 2.05) is 0 Å². The van der Waals surface area contributed by atoms with Crippen molar-refractivity contribution in [3.05, 3.63) is 0 Å². The van der Waals surface area contributed by atoms with Gasteiger partial charge in [-0.05, 0) is 25.7 Å². The Morgan fingerprint density at radius 3 is 1.74 bits per heavy atom. The van der Waals surface area contributed by atoms with E-state index in [-0.39, 0.29) is 6.61 Å². The first-order valence-electron chi connectivity index (χ1n) is 7.67. The molecular weight excluding hydrogens is 244 g/mol. The molecule has 0 aliphatic carbocycles. The molecule has 0 radical (unpaired) electrons. The first kappa shape index (κ1) is 18.4. The summed E-state index contributed by atoms with van der Waals surface area (Å²) in [5.41, 5.74) is 0. The van der Waals surface area contributed by atoms with Crippen LogP contribution in [0.1, 0.15) is 70.6 Å². The van der Waals surface area contributed by atoms with Gasteiger partial charge in [0.05, 0.1) is 0 Å². The SMILES string of the molecule is O=C(O)CCCCCCCCCCOCCCCO. The molecule has 0 rings (SSSR count). The molecule has 0 aromatic rings. The van der Waals surface area contributed by atoms with Crippen molar-refractivity contribution in [3.63, 3.8) is 0 Å². The molecule has 0 bridgehead atoms. The Balaban J connectivity index is 2.93. The summed E-state index contributed by atoms with van der Waals surface area (Å²) in [6, 6.07) is 0. The standard InChI is InChI=1S/C15H30O4/c16-12-8-10-14-19-13-9-6-4-2-1-3-5-7-11-15(17)18/h16H,1-14H2,(H,17,18). The highest BCUT2D eigenvalue weighted by atomic mass is 16.5. The molecule has 2 N–H and O–H groups in total. The second-order valence-corrected chi connectivity index (χ2v) is 5.02. The molecule has 0 unspecified atom stereocenters. The summed E-state index contributed by atoms with van der Waals surface area (Å²) in [7, 11) is 0. The van der Waals surface area contributed by atoms with Gasteiger partial charge in [-0.1, -0.05) is 38.5 Å². The zero-order valence-electron chi connectivity index (χ0n) is 12.1. The van der Waals surface area contributed by atoms with Gasteiger partial charge in [0.2, 0.25) is 0 Å². The highest BCUT2D eigenvalue weighted by molar-refractivity contribution is 5.66. The predicted octanol–water partition coefficient (Wildman–Crippen LogP) is 3.37. The smallest absolute Gasteiger partial charge is 0.303 e. The van der Waals surface area contributed by atoms with E-state index in [1.54, 1.807) is 0 Å². The lowest BCUT2D eigenvalue weighted by molar-refractivity contribution is -0.137. The predicted molar refractivity (Wildman–Crippen MR) is 76.3 cm³/mol. The van der Waals surface area contributed by atoms with Gasteiger partial charge >= 0.3 is 5.97 Å². The van der Waals surface area contributed by atoms with Crippen molar-refractivity contribution in [2.45, 2.75) is 70.6 Å². The van der Waals surface area contributed by atoms with Gasteiger partial charge in [-0.2, -0.15) is 0 Å². The van der Waals surface area contributed by atoms with Crippen LogP contribution in [-0.4, -0.2) is 36.0 Å². The van der Waals surface area contributed by atoms with Crippen LogP contribution >= 0.6 is 0 Å².